The minimum atomic E-state index is -0.717. The average molecular weight is 439 g/mol. The van der Waals surface area contributed by atoms with E-state index >= 15 is 0 Å². The molecule has 1 aromatic carbocycles. The zero-order valence-electron chi connectivity index (χ0n) is 16.1. The monoisotopic (exact) mass is 438 g/mol. The minimum absolute atomic E-state index is 0.136. The van der Waals surface area contributed by atoms with Crippen LogP contribution in [0.3, 0.4) is 0 Å². The fourth-order valence-corrected chi connectivity index (χ4v) is 2.64. The van der Waals surface area contributed by atoms with E-state index in [0.29, 0.717) is 22.2 Å². The fraction of sp³-hybridized carbons (Fsp3) is 0.250. The molecule has 0 aliphatic heterocycles. The first-order valence-corrected chi connectivity index (χ1v) is 9.31. The lowest BCUT2D eigenvalue weighted by molar-refractivity contribution is -0.149. The number of allylic oxidation sites excluding steroid dienone is 1. The Labute approximate surface area is 178 Å². The van der Waals surface area contributed by atoms with Crippen molar-refractivity contribution in [1.29, 1.82) is 0 Å². The van der Waals surface area contributed by atoms with E-state index in [0.717, 1.165) is 5.56 Å². The largest absolute Gasteiger partial charge is 0.493 e. The Bertz CT molecular complexity index is 931. The summed E-state index contributed by atoms with van der Waals surface area (Å²) < 4.78 is 15.6. The standard InChI is InChI=1S/C20H20Cl2N2O5/c1-4-5-13-6-7-16(17(8-13)27-3)28-11-19(26)29-10-18(25)24-20-15(22)9-14(21)12(2)23-20/h4-9H,10-11H2,1-3H3,(H,23,24,25)/b5-4+. The van der Waals surface area contributed by atoms with Crippen molar-refractivity contribution in [2.24, 2.45) is 0 Å². The van der Waals surface area contributed by atoms with Gasteiger partial charge in [-0.1, -0.05) is 41.4 Å². The quantitative estimate of drug-likeness (QED) is 0.618. The second kappa shape index (κ2) is 10.7. The summed E-state index contributed by atoms with van der Waals surface area (Å²) in [5, 5.41) is 3.02. The number of benzene rings is 1. The molecule has 0 spiro atoms. The number of anilines is 1. The summed E-state index contributed by atoms with van der Waals surface area (Å²) in [5.74, 6) is -0.314. The molecule has 0 saturated heterocycles. The highest BCUT2D eigenvalue weighted by molar-refractivity contribution is 6.36. The number of amides is 1. The summed E-state index contributed by atoms with van der Waals surface area (Å²) in [4.78, 5) is 27.9. The lowest BCUT2D eigenvalue weighted by Crippen LogP contribution is -2.24. The molecule has 154 valence electrons. The molecule has 1 heterocycles. The van der Waals surface area contributed by atoms with Crippen molar-refractivity contribution in [1.82, 2.24) is 4.98 Å². The summed E-state index contributed by atoms with van der Waals surface area (Å²) in [6.45, 7) is 2.68. The second-order valence-corrected chi connectivity index (χ2v) is 6.61. The van der Waals surface area contributed by atoms with Gasteiger partial charge >= 0.3 is 5.97 Å². The number of hydrogen-bond acceptors (Lipinski definition) is 6. The van der Waals surface area contributed by atoms with Crippen LogP contribution < -0.4 is 14.8 Å². The van der Waals surface area contributed by atoms with Gasteiger partial charge in [-0.05, 0) is 37.6 Å². The third-order valence-corrected chi connectivity index (χ3v) is 4.29. The first-order chi connectivity index (χ1) is 13.8. The van der Waals surface area contributed by atoms with Gasteiger partial charge in [-0.25, -0.2) is 9.78 Å². The fourth-order valence-electron chi connectivity index (χ4n) is 2.24. The molecule has 1 aromatic heterocycles. The predicted molar refractivity (Wildman–Crippen MR) is 112 cm³/mol. The van der Waals surface area contributed by atoms with Crippen molar-refractivity contribution >= 4 is 47.0 Å². The molecule has 1 amide bonds. The molecular formula is C20H20Cl2N2O5. The van der Waals surface area contributed by atoms with Crippen molar-refractivity contribution in [2.75, 3.05) is 25.6 Å². The van der Waals surface area contributed by atoms with Gasteiger partial charge in [0.1, 0.15) is 0 Å². The summed E-state index contributed by atoms with van der Waals surface area (Å²) in [7, 11) is 1.50. The van der Waals surface area contributed by atoms with Crippen LogP contribution in [-0.2, 0) is 14.3 Å². The van der Waals surface area contributed by atoms with E-state index in [9.17, 15) is 9.59 Å². The summed E-state index contributed by atoms with van der Waals surface area (Å²) >= 11 is 11.9. The van der Waals surface area contributed by atoms with E-state index < -0.39 is 18.5 Å². The lowest BCUT2D eigenvalue weighted by Gasteiger charge is -2.11. The third kappa shape index (κ3) is 6.66. The first kappa shape index (κ1) is 22.5. The molecule has 0 fully saturated rings. The SMILES string of the molecule is C/C=C/c1ccc(OCC(=O)OCC(=O)Nc2nc(C)c(Cl)cc2Cl)c(OC)c1. The van der Waals surface area contributed by atoms with Crippen molar-refractivity contribution < 1.29 is 23.8 Å². The van der Waals surface area contributed by atoms with Gasteiger partial charge < -0.3 is 19.5 Å². The Balaban J connectivity index is 1.86. The Kier molecular flexibility index (Phi) is 8.30. The van der Waals surface area contributed by atoms with Gasteiger partial charge in [-0.15, -0.1) is 0 Å². The van der Waals surface area contributed by atoms with Crippen molar-refractivity contribution in [3.05, 3.63) is 51.6 Å². The molecule has 2 rings (SSSR count). The van der Waals surface area contributed by atoms with E-state index in [1.165, 1.54) is 13.2 Å². The Morgan fingerprint density at radius 2 is 1.90 bits per heavy atom. The number of rotatable bonds is 8. The highest BCUT2D eigenvalue weighted by Crippen LogP contribution is 2.28. The molecule has 0 aliphatic carbocycles. The number of nitrogens with one attached hydrogen (secondary N) is 1. The molecule has 0 saturated carbocycles. The Morgan fingerprint density at radius 1 is 1.14 bits per heavy atom. The van der Waals surface area contributed by atoms with Crippen LogP contribution in [0.15, 0.2) is 30.3 Å². The number of esters is 1. The van der Waals surface area contributed by atoms with E-state index in [1.807, 2.05) is 25.1 Å². The predicted octanol–water partition coefficient (Wildman–Crippen LogP) is 4.30. The van der Waals surface area contributed by atoms with Gasteiger partial charge in [0, 0.05) is 0 Å². The normalized spacial score (nSPS) is 10.7. The van der Waals surface area contributed by atoms with Gasteiger partial charge in [-0.2, -0.15) is 0 Å². The number of methoxy groups -OCH3 is 1. The molecule has 1 N–H and O–H groups in total. The minimum Gasteiger partial charge on any atom is -0.493 e. The molecule has 0 radical (unpaired) electrons. The Hall–Kier alpha value is -2.77. The molecule has 0 bridgehead atoms. The summed E-state index contributed by atoms with van der Waals surface area (Å²) in [5.41, 5.74) is 1.44. The Morgan fingerprint density at radius 3 is 2.59 bits per heavy atom. The van der Waals surface area contributed by atoms with Gasteiger partial charge in [0.2, 0.25) is 0 Å². The molecular weight excluding hydrogens is 419 g/mol. The van der Waals surface area contributed by atoms with E-state index in [2.05, 4.69) is 10.3 Å². The lowest BCUT2D eigenvalue weighted by atomic mass is 10.2. The molecule has 9 heteroatoms. The van der Waals surface area contributed by atoms with Gasteiger partial charge in [0.15, 0.2) is 30.5 Å². The molecule has 0 atom stereocenters. The van der Waals surface area contributed by atoms with E-state index in [4.69, 9.17) is 37.4 Å². The maximum Gasteiger partial charge on any atom is 0.344 e. The third-order valence-electron chi connectivity index (χ3n) is 3.62. The zero-order valence-corrected chi connectivity index (χ0v) is 17.6. The number of hydrogen-bond donors (Lipinski definition) is 1. The second-order valence-electron chi connectivity index (χ2n) is 5.79. The highest BCUT2D eigenvalue weighted by atomic mass is 35.5. The number of carbonyl (C=O) groups excluding carboxylic acids is 2. The van der Waals surface area contributed by atoms with Crippen molar-refractivity contribution in [3.63, 3.8) is 0 Å². The van der Waals surface area contributed by atoms with Crippen LogP contribution in [0, 0.1) is 6.92 Å². The zero-order chi connectivity index (χ0) is 21.4. The van der Waals surface area contributed by atoms with Crippen LogP contribution in [0.25, 0.3) is 6.08 Å². The van der Waals surface area contributed by atoms with Crippen LogP contribution in [0.2, 0.25) is 10.0 Å². The number of aryl methyl sites for hydroxylation is 1. The maximum atomic E-state index is 12.0. The first-order valence-electron chi connectivity index (χ1n) is 8.55. The average Bonchev–Trinajstić information content (AvgIpc) is 2.69. The van der Waals surface area contributed by atoms with Crippen LogP contribution >= 0.6 is 23.2 Å². The number of aromatic nitrogens is 1. The maximum absolute atomic E-state index is 12.0. The molecule has 29 heavy (non-hydrogen) atoms. The summed E-state index contributed by atoms with van der Waals surface area (Å²) in [6.07, 6.45) is 3.80. The number of pyridine rings is 1. The van der Waals surface area contributed by atoms with Crippen LogP contribution in [0.1, 0.15) is 18.2 Å². The van der Waals surface area contributed by atoms with Crippen LogP contribution in [-0.4, -0.2) is 37.2 Å². The number of ether oxygens (including phenoxy) is 3. The molecule has 0 aliphatic rings. The summed E-state index contributed by atoms with van der Waals surface area (Å²) in [6, 6.07) is 6.75. The van der Waals surface area contributed by atoms with Crippen LogP contribution in [0.4, 0.5) is 5.82 Å². The molecule has 2 aromatic rings. The van der Waals surface area contributed by atoms with Crippen molar-refractivity contribution in [3.8, 4) is 11.5 Å². The number of nitrogens with zero attached hydrogens (tertiary/aromatic N) is 1. The van der Waals surface area contributed by atoms with Gasteiger partial charge in [-0.3, -0.25) is 4.79 Å². The molecule has 0 unspecified atom stereocenters. The molecule has 7 nitrogen and oxygen atoms in total. The smallest absolute Gasteiger partial charge is 0.344 e. The van der Waals surface area contributed by atoms with Gasteiger partial charge in [0.05, 0.1) is 22.8 Å². The van der Waals surface area contributed by atoms with E-state index in [1.54, 1.807) is 19.1 Å². The van der Waals surface area contributed by atoms with Crippen molar-refractivity contribution in [2.45, 2.75) is 13.8 Å². The number of carbonyl (C=O) groups is 2. The topological polar surface area (TPSA) is 86.8 Å². The van der Waals surface area contributed by atoms with E-state index in [-0.39, 0.29) is 17.4 Å². The van der Waals surface area contributed by atoms with Gasteiger partial charge in [0.25, 0.3) is 5.91 Å². The highest BCUT2D eigenvalue weighted by Gasteiger charge is 2.14. The number of halogens is 2. The van der Waals surface area contributed by atoms with Crippen LogP contribution in [0.5, 0.6) is 11.5 Å².